The van der Waals surface area contributed by atoms with E-state index in [1.54, 1.807) is 50.2 Å². The summed E-state index contributed by atoms with van der Waals surface area (Å²) in [5.74, 6) is -1.84. The van der Waals surface area contributed by atoms with Gasteiger partial charge in [0.15, 0.2) is 5.13 Å². The van der Waals surface area contributed by atoms with Crippen molar-refractivity contribution in [3.63, 3.8) is 0 Å². The number of esters is 1. The maximum Gasteiger partial charge on any atom is 0.350 e. The number of rotatable bonds is 7. The number of benzene rings is 1. The SMILES string of the molecule is CCOC(=O)c1sc(N2C(=O)C(=O)C(=C(O)c3ccc(OCC)cc3)C2c2ccco2)nc1C. The van der Waals surface area contributed by atoms with Gasteiger partial charge >= 0.3 is 11.9 Å². The molecule has 2 aromatic heterocycles. The zero-order valence-electron chi connectivity index (χ0n) is 18.7. The van der Waals surface area contributed by atoms with Crippen molar-refractivity contribution in [1.82, 2.24) is 4.98 Å². The summed E-state index contributed by atoms with van der Waals surface area (Å²) >= 11 is 0.933. The minimum absolute atomic E-state index is 0.120. The normalized spacial score (nSPS) is 17.3. The van der Waals surface area contributed by atoms with Gasteiger partial charge in [-0.25, -0.2) is 9.78 Å². The highest BCUT2D eigenvalue weighted by Gasteiger charge is 2.49. The number of hydrogen-bond acceptors (Lipinski definition) is 9. The first kappa shape index (κ1) is 23.2. The topological polar surface area (TPSA) is 119 Å². The first-order valence-corrected chi connectivity index (χ1v) is 11.4. The number of carbonyl (C=O) groups is 3. The molecule has 4 rings (SSSR count). The summed E-state index contributed by atoms with van der Waals surface area (Å²) in [5.41, 5.74) is 0.556. The quantitative estimate of drug-likeness (QED) is 0.230. The van der Waals surface area contributed by atoms with Crippen molar-refractivity contribution in [1.29, 1.82) is 0 Å². The smallest absolute Gasteiger partial charge is 0.350 e. The third kappa shape index (κ3) is 4.08. The van der Waals surface area contributed by atoms with Crippen molar-refractivity contribution in [3.8, 4) is 5.75 Å². The molecule has 3 aromatic rings. The van der Waals surface area contributed by atoms with Gasteiger partial charge in [-0.1, -0.05) is 11.3 Å². The third-order valence-corrected chi connectivity index (χ3v) is 6.28. The van der Waals surface area contributed by atoms with E-state index in [2.05, 4.69) is 4.98 Å². The molecule has 0 bridgehead atoms. The standard InChI is InChI=1S/C24H22N2O7S/c1-4-31-15-10-8-14(9-11-15)19(27)17-18(16-7-6-12-33-16)26(22(29)20(17)28)24-25-13(3)21(34-24)23(30)32-5-2/h6-12,18,27H,4-5H2,1-3H3. The van der Waals surface area contributed by atoms with E-state index in [1.165, 1.54) is 6.26 Å². The number of hydrogen-bond donors (Lipinski definition) is 1. The van der Waals surface area contributed by atoms with E-state index < -0.39 is 23.7 Å². The highest BCUT2D eigenvalue weighted by molar-refractivity contribution is 7.17. The minimum Gasteiger partial charge on any atom is -0.507 e. The van der Waals surface area contributed by atoms with Crippen molar-refractivity contribution < 1.29 is 33.4 Å². The van der Waals surface area contributed by atoms with Crippen LogP contribution in [0.5, 0.6) is 5.75 Å². The Labute approximate surface area is 199 Å². The highest BCUT2D eigenvalue weighted by Crippen LogP contribution is 2.44. The minimum atomic E-state index is -1.07. The highest BCUT2D eigenvalue weighted by atomic mass is 32.1. The number of thiazole rings is 1. The van der Waals surface area contributed by atoms with E-state index in [-0.39, 0.29) is 33.7 Å². The Balaban J connectivity index is 1.83. The molecule has 9 nitrogen and oxygen atoms in total. The number of ketones is 1. The largest absolute Gasteiger partial charge is 0.507 e. The van der Waals surface area contributed by atoms with Crippen LogP contribution >= 0.6 is 11.3 Å². The number of aliphatic hydroxyl groups excluding tert-OH is 1. The molecule has 10 heteroatoms. The summed E-state index contributed by atoms with van der Waals surface area (Å²) in [6, 6.07) is 8.66. The second-order valence-electron chi connectivity index (χ2n) is 7.27. The fraction of sp³-hybridized carbons (Fsp3) is 0.250. The van der Waals surface area contributed by atoms with Crippen molar-refractivity contribution >= 4 is 39.9 Å². The number of amides is 1. The summed E-state index contributed by atoms with van der Waals surface area (Å²) in [5, 5.41) is 11.2. The lowest BCUT2D eigenvalue weighted by atomic mass is 9.99. The molecule has 0 saturated carbocycles. The molecule has 3 heterocycles. The van der Waals surface area contributed by atoms with Crippen LogP contribution in [0.15, 0.2) is 52.7 Å². The molecule has 176 valence electrons. The number of nitrogens with zero attached hydrogens (tertiary/aromatic N) is 2. The van der Waals surface area contributed by atoms with Crippen molar-refractivity contribution in [2.24, 2.45) is 0 Å². The van der Waals surface area contributed by atoms with Gasteiger partial charge in [-0.05, 0) is 57.2 Å². The summed E-state index contributed by atoms with van der Waals surface area (Å²) < 4.78 is 16.0. The monoisotopic (exact) mass is 482 g/mol. The van der Waals surface area contributed by atoms with Crippen molar-refractivity contribution in [2.75, 3.05) is 18.1 Å². The summed E-state index contributed by atoms with van der Waals surface area (Å²) in [6.45, 7) is 5.82. The van der Waals surface area contributed by atoms with Gasteiger partial charge in [0.25, 0.3) is 5.78 Å². The zero-order valence-corrected chi connectivity index (χ0v) is 19.5. The van der Waals surface area contributed by atoms with Crippen LogP contribution in [-0.4, -0.2) is 41.0 Å². The molecular formula is C24H22N2O7S. The predicted molar refractivity (Wildman–Crippen MR) is 124 cm³/mol. The van der Waals surface area contributed by atoms with Crippen LogP contribution in [0.4, 0.5) is 5.13 Å². The Morgan fingerprint density at radius 3 is 2.53 bits per heavy atom. The van der Waals surface area contributed by atoms with E-state index in [0.717, 1.165) is 16.2 Å². The van der Waals surface area contributed by atoms with Crippen molar-refractivity contribution in [3.05, 3.63) is 70.1 Å². The van der Waals surface area contributed by atoms with E-state index >= 15 is 0 Å². The fourth-order valence-corrected chi connectivity index (χ4v) is 4.64. The van der Waals surface area contributed by atoms with Gasteiger partial charge in [-0.15, -0.1) is 0 Å². The first-order valence-electron chi connectivity index (χ1n) is 10.6. The van der Waals surface area contributed by atoms with E-state index in [4.69, 9.17) is 13.9 Å². The molecule has 0 spiro atoms. The molecule has 1 saturated heterocycles. The van der Waals surface area contributed by atoms with Crippen LogP contribution < -0.4 is 9.64 Å². The third-order valence-electron chi connectivity index (χ3n) is 5.15. The Morgan fingerprint density at radius 1 is 1.18 bits per heavy atom. The first-order chi connectivity index (χ1) is 16.4. The number of furan rings is 1. The lowest BCUT2D eigenvalue weighted by Crippen LogP contribution is -2.29. The predicted octanol–water partition coefficient (Wildman–Crippen LogP) is 4.25. The van der Waals surface area contributed by atoms with Crippen LogP contribution in [-0.2, 0) is 14.3 Å². The lowest BCUT2D eigenvalue weighted by Gasteiger charge is -2.20. The van der Waals surface area contributed by atoms with Crippen LogP contribution in [0.3, 0.4) is 0 Å². The van der Waals surface area contributed by atoms with Gasteiger partial charge < -0.3 is 19.0 Å². The molecule has 1 unspecified atom stereocenters. The van der Waals surface area contributed by atoms with Gasteiger partial charge in [0.2, 0.25) is 0 Å². The maximum absolute atomic E-state index is 13.1. The number of carbonyl (C=O) groups excluding carboxylic acids is 3. The van der Waals surface area contributed by atoms with E-state index in [1.807, 2.05) is 6.92 Å². The Bertz CT molecular complexity index is 1260. The van der Waals surface area contributed by atoms with Gasteiger partial charge in [-0.2, -0.15) is 0 Å². The van der Waals surface area contributed by atoms with E-state index in [9.17, 15) is 19.5 Å². The van der Waals surface area contributed by atoms with Crippen LogP contribution in [0.25, 0.3) is 5.76 Å². The zero-order chi connectivity index (χ0) is 24.4. The molecule has 0 radical (unpaired) electrons. The van der Waals surface area contributed by atoms with Gasteiger partial charge in [0, 0.05) is 5.56 Å². The van der Waals surface area contributed by atoms with Gasteiger partial charge in [-0.3, -0.25) is 14.5 Å². The summed E-state index contributed by atoms with van der Waals surface area (Å²) in [7, 11) is 0. The maximum atomic E-state index is 13.1. The second kappa shape index (κ2) is 9.52. The summed E-state index contributed by atoms with van der Waals surface area (Å²) in [6.07, 6.45) is 1.41. The van der Waals surface area contributed by atoms with Gasteiger partial charge in [0.1, 0.15) is 28.2 Å². The van der Waals surface area contributed by atoms with Crippen LogP contribution in [0.2, 0.25) is 0 Å². The number of aliphatic hydroxyl groups is 1. The average Bonchev–Trinajstić information content (AvgIpc) is 3.53. The van der Waals surface area contributed by atoms with E-state index in [0.29, 0.717) is 23.6 Å². The molecular weight excluding hydrogens is 460 g/mol. The molecule has 1 atom stereocenters. The number of ether oxygens (including phenoxy) is 2. The number of anilines is 1. The Morgan fingerprint density at radius 2 is 1.91 bits per heavy atom. The molecule has 1 aliphatic heterocycles. The number of Topliss-reactive ketones (excluding diaryl/α,β-unsaturated/α-hetero) is 1. The molecule has 1 N–H and O–H groups in total. The molecule has 1 amide bonds. The average molecular weight is 483 g/mol. The molecule has 1 aromatic carbocycles. The van der Waals surface area contributed by atoms with Gasteiger partial charge in [0.05, 0.1) is 30.7 Å². The molecule has 0 aliphatic carbocycles. The fourth-order valence-electron chi connectivity index (χ4n) is 3.65. The second-order valence-corrected chi connectivity index (χ2v) is 8.25. The Hall–Kier alpha value is -3.92. The Kier molecular flexibility index (Phi) is 6.51. The van der Waals surface area contributed by atoms with Crippen molar-refractivity contribution in [2.45, 2.75) is 26.8 Å². The number of aryl methyl sites for hydroxylation is 1. The van der Waals surface area contributed by atoms with Crippen LogP contribution in [0.1, 0.15) is 46.6 Å². The molecule has 1 aliphatic rings. The summed E-state index contributed by atoms with van der Waals surface area (Å²) in [4.78, 5) is 44.2. The number of aromatic nitrogens is 1. The molecule has 1 fully saturated rings. The lowest BCUT2D eigenvalue weighted by molar-refractivity contribution is -0.132. The van der Waals surface area contributed by atoms with Crippen LogP contribution in [0, 0.1) is 6.92 Å². The molecule has 34 heavy (non-hydrogen) atoms.